The molecule has 1 unspecified atom stereocenters. The summed E-state index contributed by atoms with van der Waals surface area (Å²) in [6.45, 7) is 2.64. The maximum Gasteiger partial charge on any atom is 0.316 e. The van der Waals surface area contributed by atoms with Gasteiger partial charge in [0.1, 0.15) is 10.6 Å². The second-order valence-electron chi connectivity index (χ2n) is 3.87. The lowest BCUT2D eigenvalue weighted by atomic mass is 10.1. The van der Waals surface area contributed by atoms with Gasteiger partial charge in [-0.25, -0.2) is 4.79 Å². The fraction of sp³-hybridized carbons (Fsp3) is 0.364. The molecule has 0 bridgehead atoms. The second kappa shape index (κ2) is 3.90. The Morgan fingerprint density at radius 2 is 2.12 bits per heavy atom. The number of urea groups is 1. The lowest BCUT2D eigenvalue weighted by molar-refractivity contribution is 0.188. The van der Waals surface area contributed by atoms with E-state index >= 15 is 0 Å². The van der Waals surface area contributed by atoms with Gasteiger partial charge < -0.3 is 15.7 Å². The van der Waals surface area contributed by atoms with Crippen molar-refractivity contribution in [1.29, 1.82) is 0 Å². The summed E-state index contributed by atoms with van der Waals surface area (Å²) in [5.41, 5.74) is 6.34. The molecule has 4 nitrogen and oxygen atoms in total. The minimum atomic E-state index is -0.417. The quantitative estimate of drug-likeness (QED) is 0.782. The van der Waals surface area contributed by atoms with E-state index in [0.717, 1.165) is 11.3 Å². The van der Waals surface area contributed by atoms with E-state index in [4.69, 9.17) is 5.73 Å². The van der Waals surface area contributed by atoms with Gasteiger partial charge in [0, 0.05) is 12.3 Å². The molecule has 5 heteroatoms. The molecule has 2 rings (SSSR count). The summed E-state index contributed by atoms with van der Waals surface area (Å²) in [4.78, 5) is 12.6. The molecule has 1 aliphatic rings. The molecule has 3 N–H and O–H groups in total. The number of phenols is 1. The normalized spacial score (nSPS) is 24.7. The average Bonchev–Trinajstić information content (AvgIpc) is 2.62. The lowest BCUT2D eigenvalue weighted by Gasteiger charge is -2.33. The highest BCUT2D eigenvalue weighted by atomic mass is 32.2. The number of nitrogens with two attached hydrogens (primary N) is 1. The lowest BCUT2D eigenvalue weighted by Crippen LogP contribution is -2.44. The van der Waals surface area contributed by atoms with Crippen LogP contribution in [0.1, 0.15) is 12.5 Å². The predicted octanol–water partition coefficient (Wildman–Crippen LogP) is 1.69. The van der Waals surface area contributed by atoms with Crippen LogP contribution in [0.2, 0.25) is 0 Å². The molecule has 1 aromatic rings. The second-order valence-corrected chi connectivity index (χ2v) is 5.36. The zero-order valence-corrected chi connectivity index (χ0v) is 9.83. The van der Waals surface area contributed by atoms with Crippen LogP contribution in [0.4, 0.5) is 4.79 Å². The molecule has 1 aliphatic heterocycles. The molecule has 1 fully saturated rings. The number of hydrogen-bond donors (Lipinski definition) is 2. The molecule has 2 amide bonds. The van der Waals surface area contributed by atoms with E-state index in [1.807, 2.05) is 19.1 Å². The molecule has 0 aliphatic carbocycles. The van der Waals surface area contributed by atoms with E-state index in [9.17, 15) is 9.90 Å². The molecule has 0 spiro atoms. The van der Waals surface area contributed by atoms with Crippen molar-refractivity contribution in [3.8, 4) is 5.75 Å². The van der Waals surface area contributed by atoms with Gasteiger partial charge in [0.05, 0.1) is 0 Å². The predicted molar refractivity (Wildman–Crippen MR) is 64.2 cm³/mol. The summed E-state index contributed by atoms with van der Waals surface area (Å²) in [5, 5.41) is 9.25. The van der Waals surface area contributed by atoms with Crippen molar-refractivity contribution >= 4 is 17.8 Å². The Morgan fingerprint density at radius 3 is 2.69 bits per heavy atom. The Hall–Kier alpha value is -1.36. The first-order chi connectivity index (χ1) is 7.54. The van der Waals surface area contributed by atoms with Crippen LogP contribution in [0, 0.1) is 0 Å². The highest BCUT2D eigenvalue weighted by molar-refractivity contribution is 8.00. The van der Waals surface area contributed by atoms with Crippen LogP contribution in [0.25, 0.3) is 0 Å². The molecule has 16 heavy (non-hydrogen) atoms. The molecule has 0 radical (unpaired) electrons. The highest BCUT2D eigenvalue weighted by Crippen LogP contribution is 2.44. The maximum atomic E-state index is 11.3. The number of primary amides is 1. The van der Waals surface area contributed by atoms with E-state index in [-0.39, 0.29) is 5.75 Å². The largest absolute Gasteiger partial charge is 0.508 e. The molecule has 0 aromatic heterocycles. The number of thioether (sulfide) groups is 1. The first-order valence-corrected chi connectivity index (χ1v) is 6.03. The van der Waals surface area contributed by atoms with Crippen LogP contribution in [0.3, 0.4) is 0 Å². The van der Waals surface area contributed by atoms with Gasteiger partial charge in [0.2, 0.25) is 0 Å². The van der Waals surface area contributed by atoms with Crippen molar-refractivity contribution in [3.05, 3.63) is 29.8 Å². The number of nitrogens with zero attached hydrogens (tertiary/aromatic N) is 1. The summed E-state index contributed by atoms with van der Waals surface area (Å²) in [5.74, 6) is 1.10. The Balaban J connectivity index is 2.37. The number of phenolic OH excluding ortho intramolecular Hbond substituents is 1. The van der Waals surface area contributed by atoms with Gasteiger partial charge in [0.25, 0.3) is 0 Å². The number of hydrogen-bond acceptors (Lipinski definition) is 3. The summed E-state index contributed by atoms with van der Waals surface area (Å²) >= 11 is 1.68. The smallest absolute Gasteiger partial charge is 0.316 e. The topological polar surface area (TPSA) is 66.6 Å². The van der Waals surface area contributed by atoms with Gasteiger partial charge in [-0.3, -0.25) is 0 Å². The zero-order valence-electron chi connectivity index (χ0n) is 9.01. The molecule has 86 valence electrons. The number of carbonyl (C=O) groups excluding carboxylic acids is 1. The van der Waals surface area contributed by atoms with Gasteiger partial charge in [0.15, 0.2) is 0 Å². The Morgan fingerprint density at radius 1 is 1.50 bits per heavy atom. The van der Waals surface area contributed by atoms with Crippen molar-refractivity contribution in [1.82, 2.24) is 4.90 Å². The molecular weight excluding hydrogens is 224 g/mol. The van der Waals surface area contributed by atoms with Crippen LogP contribution in [0.5, 0.6) is 5.75 Å². The Kier molecular flexibility index (Phi) is 2.71. The van der Waals surface area contributed by atoms with Gasteiger partial charge in [-0.2, -0.15) is 0 Å². The minimum absolute atomic E-state index is 0.223. The Labute approximate surface area is 98.4 Å². The third-order valence-corrected chi connectivity index (χ3v) is 4.29. The van der Waals surface area contributed by atoms with Crippen molar-refractivity contribution in [2.75, 3.05) is 12.3 Å². The van der Waals surface area contributed by atoms with E-state index in [2.05, 4.69) is 0 Å². The molecule has 0 saturated carbocycles. The fourth-order valence-electron chi connectivity index (χ4n) is 1.96. The fourth-order valence-corrected chi connectivity index (χ4v) is 3.27. The van der Waals surface area contributed by atoms with Gasteiger partial charge >= 0.3 is 6.03 Å². The number of carbonyl (C=O) groups is 1. The summed E-state index contributed by atoms with van der Waals surface area (Å²) in [6.07, 6.45) is 0. The standard InChI is InChI=1S/C11H14N2O2S/c1-11(8-2-4-9(14)5-3-8)13(10(12)15)6-7-16-11/h2-5,14H,6-7H2,1H3,(H2,12,15). The van der Waals surface area contributed by atoms with Gasteiger partial charge in [-0.1, -0.05) is 12.1 Å². The van der Waals surface area contributed by atoms with Crippen LogP contribution in [0.15, 0.2) is 24.3 Å². The molecular formula is C11H14N2O2S. The zero-order chi connectivity index (χ0) is 11.8. The number of rotatable bonds is 1. The number of amides is 2. The number of aromatic hydroxyl groups is 1. The van der Waals surface area contributed by atoms with Crippen molar-refractivity contribution < 1.29 is 9.90 Å². The van der Waals surface area contributed by atoms with Crippen LogP contribution in [-0.2, 0) is 4.87 Å². The summed E-state index contributed by atoms with van der Waals surface area (Å²) in [6, 6.07) is 6.49. The Bertz CT molecular complexity index is 407. The third-order valence-electron chi connectivity index (χ3n) is 2.88. The van der Waals surface area contributed by atoms with E-state index < -0.39 is 10.9 Å². The van der Waals surface area contributed by atoms with Crippen molar-refractivity contribution in [3.63, 3.8) is 0 Å². The van der Waals surface area contributed by atoms with Gasteiger partial charge in [-0.15, -0.1) is 11.8 Å². The first kappa shape index (κ1) is 11.1. The SMILES string of the molecule is CC1(c2ccc(O)cc2)SCCN1C(N)=O. The molecule has 1 saturated heterocycles. The highest BCUT2D eigenvalue weighted by Gasteiger charge is 2.41. The monoisotopic (exact) mass is 238 g/mol. The van der Waals surface area contributed by atoms with E-state index in [1.54, 1.807) is 28.8 Å². The van der Waals surface area contributed by atoms with Crippen LogP contribution in [-0.4, -0.2) is 28.3 Å². The van der Waals surface area contributed by atoms with Crippen molar-refractivity contribution in [2.45, 2.75) is 11.8 Å². The third kappa shape index (κ3) is 1.71. The van der Waals surface area contributed by atoms with Gasteiger partial charge in [-0.05, 0) is 24.6 Å². The maximum absolute atomic E-state index is 11.3. The van der Waals surface area contributed by atoms with E-state index in [1.165, 1.54) is 0 Å². The molecule has 1 heterocycles. The van der Waals surface area contributed by atoms with Crippen molar-refractivity contribution in [2.24, 2.45) is 5.73 Å². The minimum Gasteiger partial charge on any atom is -0.508 e. The average molecular weight is 238 g/mol. The summed E-state index contributed by atoms with van der Waals surface area (Å²) in [7, 11) is 0. The van der Waals surface area contributed by atoms with Crippen LogP contribution >= 0.6 is 11.8 Å². The van der Waals surface area contributed by atoms with E-state index in [0.29, 0.717) is 6.54 Å². The number of benzene rings is 1. The summed E-state index contributed by atoms with van der Waals surface area (Å²) < 4.78 is 0. The molecule has 1 aromatic carbocycles. The first-order valence-electron chi connectivity index (χ1n) is 5.04. The molecule has 1 atom stereocenters. The van der Waals surface area contributed by atoms with Crippen LogP contribution < -0.4 is 5.73 Å².